The van der Waals surface area contributed by atoms with Gasteiger partial charge in [0.1, 0.15) is 0 Å². The molecule has 0 amide bonds. The molecule has 2 saturated carbocycles. The molecule has 21 heavy (non-hydrogen) atoms. The smallest absolute Gasteiger partial charge is 0.0521 e. The Bertz CT molecular complexity index is 236. The summed E-state index contributed by atoms with van der Waals surface area (Å²) in [6, 6.07) is 0. The van der Waals surface area contributed by atoms with Gasteiger partial charge in [0.15, 0.2) is 0 Å². The number of thioether (sulfide) groups is 3. The molecule has 0 aromatic carbocycles. The van der Waals surface area contributed by atoms with Crippen molar-refractivity contribution in [2.45, 2.75) is 72.4 Å². The van der Waals surface area contributed by atoms with Gasteiger partial charge in [-0.2, -0.15) is 35.3 Å². The van der Waals surface area contributed by atoms with Crippen molar-refractivity contribution in [2.75, 3.05) is 24.7 Å². The van der Waals surface area contributed by atoms with E-state index in [-0.39, 0.29) is 0 Å². The Labute approximate surface area is 142 Å². The quantitative estimate of drug-likeness (QED) is 0.697. The third kappa shape index (κ3) is 6.94. The van der Waals surface area contributed by atoms with Crippen LogP contribution < -0.4 is 0 Å². The maximum absolute atomic E-state index is 8.90. The Morgan fingerprint density at radius 3 is 1.24 bits per heavy atom. The zero-order valence-corrected chi connectivity index (χ0v) is 15.4. The summed E-state index contributed by atoms with van der Waals surface area (Å²) in [5, 5.41) is 21.2. The maximum Gasteiger partial charge on any atom is 0.0521 e. The minimum absolute atomic E-state index is 0.330. The lowest BCUT2D eigenvalue weighted by Gasteiger charge is -2.33. The largest absolute Gasteiger partial charge is 0.396 e. The van der Waals surface area contributed by atoms with Gasteiger partial charge in [0, 0.05) is 32.5 Å². The van der Waals surface area contributed by atoms with Crippen LogP contribution in [-0.2, 0) is 0 Å². The molecule has 2 fully saturated rings. The van der Waals surface area contributed by atoms with Crippen LogP contribution in [0.1, 0.15) is 51.4 Å². The van der Waals surface area contributed by atoms with Gasteiger partial charge in [0.2, 0.25) is 0 Å². The van der Waals surface area contributed by atoms with Crippen LogP contribution in [0.15, 0.2) is 0 Å². The molecule has 0 unspecified atom stereocenters. The Balaban J connectivity index is 1.57. The van der Waals surface area contributed by atoms with Gasteiger partial charge in [-0.25, -0.2) is 0 Å². The van der Waals surface area contributed by atoms with Crippen molar-refractivity contribution in [3.63, 3.8) is 0 Å². The van der Waals surface area contributed by atoms with E-state index in [1.807, 2.05) is 23.5 Å². The average molecular weight is 351 g/mol. The van der Waals surface area contributed by atoms with Crippen molar-refractivity contribution >= 4 is 35.3 Å². The van der Waals surface area contributed by atoms with Crippen molar-refractivity contribution < 1.29 is 10.2 Å². The number of hydrogen-bond donors (Lipinski definition) is 2. The Hall–Kier alpha value is 0.970. The molecule has 0 atom stereocenters. The third-order valence-corrected chi connectivity index (χ3v) is 8.95. The lowest BCUT2D eigenvalue weighted by atomic mass is 9.99. The second-order valence-electron chi connectivity index (χ2n) is 6.12. The fourth-order valence-electron chi connectivity index (χ4n) is 3.38. The molecular weight excluding hydrogens is 320 g/mol. The number of rotatable bonds is 8. The van der Waals surface area contributed by atoms with Crippen LogP contribution in [0.25, 0.3) is 0 Å². The van der Waals surface area contributed by atoms with Crippen molar-refractivity contribution in [1.29, 1.82) is 0 Å². The summed E-state index contributed by atoms with van der Waals surface area (Å²) in [6.45, 7) is 0.660. The van der Waals surface area contributed by atoms with E-state index >= 15 is 0 Å². The summed E-state index contributed by atoms with van der Waals surface area (Å²) in [4.78, 5) is 0. The van der Waals surface area contributed by atoms with Gasteiger partial charge in [-0.1, -0.05) is 0 Å². The van der Waals surface area contributed by atoms with E-state index in [0.29, 0.717) is 13.2 Å². The van der Waals surface area contributed by atoms with E-state index in [0.717, 1.165) is 32.5 Å². The Morgan fingerprint density at radius 1 is 0.571 bits per heavy atom. The first kappa shape index (κ1) is 18.3. The zero-order valence-electron chi connectivity index (χ0n) is 12.9. The Morgan fingerprint density at radius 2 is 0.905 bits per heavy atom. The average Bonchev–Trinajstić information content (AvgIpc) is 2.53. The molecule has 0 aromatic heterocycles. The first-order valence-corrected chi connectivity index (χ1v) is 11.5. The predicted octanol–water partition coefficient (Wildman–Crippen LogP) is 3.79. The highest BCUT2D eigenvalue weighted by Crippen LogP contribution is 2.41. The van der Waals surface area contributed by atoms with Gasteiger partial charge in [-0.3, -0.25) is 0 Å². The molecule has 0 heterocycles. The SMILES string of the molecule is OCCSC1CCC(SC2CCC(SCCO)CC2)CC1. The summed E-state index contributed by atoms with van der Waals surface area (Å²) in [7, 11) is 0. The highest BCUT2D eigenvalue weighted by molar-refractivity contribution is 8.01. The summed E-state index contributed by atoms with van der Waals surface area (Å²) in [5.41, 5.74) is 0. The minimum atomic E-state index is 0.330. The second-order valence-corrected chi connectivity index (χ2v) is 10.5. The summed E-state index contributed by atoms with van der Waals surface area (Å²) in [6.07, 6.45) is 10.9. The monoisotopic (exact) mass is 350 g/mol. The van der Waals surface area contributed by atoms with E-state index in [1.165, 1.54) is 51.4 Å². The molecule has 124 valence electrons. The minimum Gasteiger partial charge on any atom is -0.396 e. The molecule has 0 bridgehead atoms. The van der Waals surface area contributed by atoms with E-state index in [2.05, 4.69) is 11.8 Å². The van der Waals surface area contributed by atoms with Crippen LogP contribution in [0.2, 0.25) is 0 Å². The molecule has 2 N–H and O–H groups in total. The maximum atomic E-state index is 8.90. The van der Waals surface area contributed by atoms with E-state index in [1.54, 1.807) is 0 Å². The Kier molecular flexibility index (Phi) is 9.32. The summed E-state index contributed by atoms with van der Waals surface area (Å²) < 4.78 is 0. The molecule has 2 aliphatic carbocycles. The lowest BCUT2D eigenvalue weighted by Crippen LogP contribution is -2.24. The first-order chi connectivity index (χ1) is 10.3. The van der Waals surface area contributed by atoms with Crippen LogP contribution in [0.4, 0.5) is 0 Å². The zero-order chi connectivity index (χ0) is 14.9. The molecule has 0 radical (unpaired) electrons. The molecule has 0 aliphatic heterocycles. The van der Waals surface area contributed by atoms with Crippen molar-refractivity contribution in [2.24, 2.45) is 0 Å². The molecule has 0 saturated heterocycles. The predicted molar refractivity (Wildman–Crippen MR) is 98.8 cm³/mol. The van der Waals surface area contributed by atoms with E-state index in [9.17, 15) is 0 Å². The molecule has 0 spiro atoms. The molecule has 5 heteroatoms. The lowest BCUT2D eigenvalue weighted by molar-refractivity contribution is 0.322. The fraction of sp³-hybridized carbons (Fsp3) is 1.00. The highest BCUT2D eigenvalue weighted by Gasteiger charge is 2.27. The van der Waals surface area contributed by atoms with Gasteiger partial charge in [-0.05, 0) is 51.4 Å². The van der Waals surface area contributed by atoms with Crippen molar-refractivity contribution in [1.82, 2.24) is 0 Å². The summed E-state index contributed by atoms with van der Waals surface area (Å²) in [5.74, 6) is 1.83. The molecule has 0 aromatic rings. The van der Waals surface area contributed by atoms with E-state index < -0.39 is 0 Å². The number of aliphatic hydroxyl groups excluding tert-OH is 2. The third-order valence-electron chi connectivity index (χ3n) is 4.52. The molecule has 2 rings (SSSR count). The number of hydrogen-bond acceptors (Lipinski definition) is 5. The number of aliphatic hydroxyl groups is 2. The second kappa shape index (κ2) is 10.7. The molecular formula is C16H30O2S3. The van der Waals surface area contributed by atoms with Crippen LogP contribution in [-0.4, -0.2) is 55.9 Å². The van der Waals surface area contributed by atoms with Gasteiger partial charge in [0.05, 0.1) is 13.2 Å². The van der Waals surface area contributed by atoms with E-state index in [4.69, 9.17) is 10.2 Å². The highest BCUT2D eigenvalue weighted by atomic mass is 32.2. The van der Waals surface area contributed by atoms with Gasteiger partial charge in [-0.15, -0.1) is 0 Å². The van der Waals surface area contributed by atoms with Gasteiger partial charge in [0.25, 0.3) is 0 Å². The van der Waals surface area contributed by atoms with Crippen LogP contribution in [0.3, 0.4) is 0 Å². The topological polar surface area (TPSA) is 40.5 Å². The van der Waals surface area contributed by atoms with Gasteiger partial charge < -0.3 is 10.2 Å². The normalized spacial score (nSPS) is 34.0. The molecule has 2 nitrogen and oxygen atoms in total. The van der Waals surface area contributed by atoms with Crippen molar-refractivity contribution in [3.8, 4) is 0 Å². The van der Waals surface area contributed by atoms with Crippen LogP contribution in [0, 0.1) is 0 Å². The molecule has 2 aliphatic rings. The van der Waals surface area contributed by atoms with Crippen molar-refractivity contribution in [3.05, 3.63) is 0 Å². The van der Waals surface area contributed by atoms with Gasteiger partial charge >= 0.3 is 0 Å². The van der Waals surface area contributed by atoms with Crippen LogP contribution >= 0.6 is 35.3 Å². The van der Waals surface area contributed by atoms with Crippen LogP contribution in [0.5, 0.6) is 0 Å². The fourth-order valence-corrected chi connectivity index (χ4v) is 7.10. The summed E-state index contributed by atoms with van der Waals surface area (Å²) >= 11 is 6.22. The standard InChI is InChI=1S/C16H30O2S3/c17-9-11-19-13-1-5-15(6-2-13)21-16-7-3-14(4-8-16)20-12-10-18/h13-18H,1-12H2. The first-order valence-electron chi connectivity index (χ1n) is 8.42.